The van der Waals surface area contributed by atoms with E-state index in [1.165, 1.54) is 68.9 Å². The van der Waals surface area contributed by atoms with Crippen LogP contribution < -0.4 is 14.2 Å². The van der Waals surface area contributed by atoms with Crippen LogP contribution in [0.2, 0.25) is 0 Å². The maximum absolute atomic E-state index is 12.3. The van der Waals surface area contributed by atoms with Crippen molar-refractivity contribution in [1.82, 2.24) is 9.44 Å². The summed E-state index contributed by atoms with van der Waals surface area (Å²) < 4.78 is 41.7. The van der Waals surface area contributed by atoms with Crippen molar-refractivity contribution in [2.24, 2.45) is 0 Å². The normalized spacial score (nSPS) is 12.6. The molecule has 0 heterocycles. The molecule has 1 aromatic carbocycles. The summed E-state index contributed by atoms with van der Waals surface area (Å²) in [5.41, 5.74) is 2.74. The van der Waals surface area contributed by atoms with Gasteiger partial charge in [0.1, 0.15) is 5.75 Å². The molecular weight excluding hydrogens is 544 g/mol. The number of unbranched alkanes of at least 4 members (excludes halogenated alkanes) is 10. The molecule has 0 atom stereocenters. The minimum atomic E-state index is -3.49. The van der Waals surface area contributed by atoms with E-state index in [1.807, 2.05) is 0 Å². The first-order valence-corrected chi connectivity index (χ1v) is 18.6. The summed E-state index contributed by atoms with van der Waals surface area (Å²) >= 11 is 0. The fraction of sp³-hybridized carbons (Fsp3) is 0.829. The summed E-state index contributed by atoms with van der Waals surface area (Å²) in [7, 11) is -3.49. The SMILES string of the molecule is CCCCCCCCCCCCOCCCNS(=O)(=O)NCCCCOc1ccc(C(C)(C)CC)cc1C(C)(C)CC. The third-order valence-corrected chi connectivity index (χ3v) is 9.95. The Balaban J connectivity index is 2.17. The van der Waals surface area contributed by atoms with Gasteiger partial charge in [-0.25, -0.2) is 9.44 Å². The monoisotopic (exact) mass is 610 g/mol. The molecule has 1 aromatic rings. The smallest absolute Gasteiger partial charge is 0.276 e. The van der Waals surface area contributed by atoms with Crippen molar-refractivity contribution in [3.63, 3.8) is 0 Å². The average Bonchev–Trinajstić information content (AvgIpc) is 2.96. The molecule has 0 aliphatic rings. The van der Waals surface area contributed by atoms with E-state index in [2.05, 4.69) is 76.1 Å². The van der Waals surface area contributed by atoms with Crippen LogP contribution in [0, 0.1) is 0 Å². The molecule has 42 heavy (non-hydrogen) atoms. The zero-order valence-corrected chi connectivity index (χ0v) is 29.2. The van der Waals surface area contributed by atoms with Crippen LogP contribution in [0.25, 0.3) is 0 Å². The molecule has 0 fully saturated rings. The second kappa shape index (κ2) is 21.5. The van der Waals surface area contributed by atoms with E-state index >= 15 is 0 Å². The molecule has 1 rings (SSSR count). The highest BCUT2D eigenvalue weighted by atomic mass is 32.2. The van der Waals surface area contributed by atoms with Gasteiger partial charge in [-0.2, -0.15) is 8.42 Å². The predicted octanol–water partition coefficient (Wildman–Crippen LogP) is 8.97. The van der Waals surface area contributed by atoms with Crippen molar-refractivity contribution in [3.8, 4) is 5.75 Å². The van der Waals surface area contributed by atoms with Gasteiger partial charge in [0.2, 0.25) is 0 Å². The number of rotatable bonds is 27. The molecule has 0 unspecified atom stereocenters. The molecule has 0 amide bonds. The molecule has 0 aliphatic carbocycles. The van der Waals surface area contributed by atoms with Gasteiger partial charge < -0.3 is 9.47 Å². The Kier molecular flexibility index (Phi) is 19.9. The number of benzene rings is 1. The Labute approximate surface area is 260 Å². The first-order valence-electron chi connectivity index (χ1n) is 17.1. The fourth-order valence-corrected chi connectivity index (χ4v) is 5.77. The quantitative estimate of drug-likeness (QED) is 0.0975. The first-order chi connectivity index (χ1) is 20.0. The predicted molar refractivity (Wildman–Crippen MR) is 180 cm³/mol. The highest BCUT2D eigenvalue weighted by molar-refractivity contribution is 7.87. The molecule has 6 nitrogen and oxygen atoms in total. The van der Waals surface area contributed by atoms with E-state index in [-0.39, 0.29) is 10.8 Å². The standard InChI is InChI=1S/C35H66N2O4S/c1-8-11-12-13-14-15-16-17-18-20-27-40-28-22-26-37-42(38,39)36-25-19-21-29-41-33-24-23-31(34(4,5)9-2)30-32(33)35(6,7)10-3/h23-24,30,36-37H,8-22,25-29H2,1-7H3. The van der Waals surface area contributed by atoms with E-state index in [9.17, 15) is 8.42 Å². The van der Waals surface area contributed by atoms with Crippen LogP contribution in [0.1, 0.15) is 156 Å². The van der Waals surface area contributed by atoms with Gasteiger partial charge in [0.25, 0.3) is 10.2 Å². The number of hydrogen-bond acceptors (Lipinski definition) is 4. The Morgan fingerprint density at radius 3 is 1.76 bits per heavy atom. The van der Waals surface area contributed by atoms with Crippen LogP contribution in [0.3, 0.4) is 0 Å². The van der Waals surface area contributed by atoms with Crippen LogP contribution in [0.5, 0.6) is 5.75 Å². The van der Waals surface area contributed by atoms with Gasteiger partial charge in [-0.05, 0) is 61.0 Å². The van der Waals surface area contributed by atoms with Gasteiger partial charge in [-0.3, -0.25) is 0 Å². The van der Waals surface area contributed by atoms with Gasteiger partial charge in [0.15, 0.2) is 0 Å². The van der Waals surface area contributed by atoms with Crippen LogP contribution in [0.15, 0.2) is 18.2 Å². The van der Waals surface area contributed by atoms with Crippen molar-refractivity contribution >= 4 is 10.2 Å². The minimum absolute atomic E-state index is 0.0223. The summed E-state index contributed by atoms with van der Waals surface area (Å²) in [6.07, 6.45) is 17.4. The number of ether oxygens (including phenoxy) is 2. The first kappa shape index (κ1) is 38.9. The second-order valence-corrected chi connectivity index (χ2v) is 14.8. The summed E-state index contributed by atoms with van der Waals surface area (Å²) in [4.78, 5) is 0. The molecule has 246 valence electrons. The summed E-state index contributed by atoms with van der Waals surface area (Å²) in [5.74, 6) is 0.940. The van der Waals surface area contributed by atoms with Crippen molar-refractivity contribution in [2.45, 2.75) is 156 Å². The lowest BCUT2D eigenvalue weighted by molar-refractivity contribution is 0.128. The highest BCUT2D eigenvalue weighted by Gasteiger charge is 2.26. The molecule has 0 bridgehead atoms. The van der Waals surface area contributed by atoms with Gasteiger partial charge in [-0.15, -0.1) is 0 Å². The number of hydrogen-bond donors (Lipinski definition) is 2. The molecule has 2 N–H and O–H groups in total. The van der Waals surface area contributed by atoms with Crippen LogP contribution in [0.4, 0.5) is 0 Å². The highest BCUT2D eigenvalue weighted by Crippen LogP contribution is 2.38. The molecular formula is C35H66N2O4S. The lowest BCUT2D eigenvalue weighted by Crippen LogP contribution is -2.37. The van der Waals surface area contributed by atoms with Gasteiger partial charge >= 0.3 is 0 Å². The second-order valence-electron chi connectivity index (χ2n) is 13.2. The van der Waals surface area contributed by atoms with Gasteiger partial charge in [0, 0.05) is 31.9 Å². The number of nitrogens with one attached hydrogen (secondary N) is 2. The van der Waals surface area contributed by atoms with Crippen LogP contribution in [-0.4, -0.2) is 41.3 Å². The van der Waals surface area contributed by atoms with Crippen molar-refractivity contribution in [3.05, 3.63) is 29.3 Å². The molecule has 0 saturated heterocycles. The zero-order valence-electron chi connectivity index (χ0n) is 28.4. The largest absolute Gasteiger partial charge is 0.493 e. The van der Waals surface area contributed by atoms with E-state index in [1.54, 1.807) is 0 Å². The van der Waals surface area contributed by atoms with Crippen molar-refractivity contribution < 1.29 is 17.9 Å². The topological polar surface area (TPSA) is 76.7 Å². The van der Waals surface area contributed by atoms with E-state index in [0.29, 0.717) is 32.7 Å². The zero-order chi connectivity index (χ0) is 31.3. The Morgan fingerprint density at radius 1 is 0.643 bits per heavy atom. The Hall–Kier alpha value is -1.15. The third kappa shape index (κ3) is 16.6. The molecule has 0 aromatic heterocycles. The van der Waals surface area contributed by atoms with Gasteiger partial charge in [0.05, 0.1) is 6.61 Å². The Bertz CT molecular complexity index is 931. The molecule has 0 saturated carbocycles. The van der Waals surface area contributed by atoms with Crippen LogP contribution >= 0.6 is 0 Å². The lowest BCUT2D eigenvalue weighted by Gasteiger charge is -2.30. The molecule has 0 spiro atoms. The van der Waals surface area contributed by atoms with Crippen LogP contribution in [-0.2, 0) is 25.8 Å². The molecule has 0 radical (unpaired) electrons. The van der Waals surface area contributed by atoms with Crippen molar-refractivity contribution in [1.29, 1.82) is 0 Å². The lowest BCUT2D eigenvalue weighted by atomic mass is 9.76. The summed E-state index contributed by atoms with van der Waals surface area (Å²) in [5, 5.41) is 0. The maximum Gasteiger partial charge on any atom is 0.276 e. The summed E-state index contributed by atoms with van der Waals surface area (Å²) in [6, 6.07) is 6.63. The van der Waals surface area contributed by atoms with E-state index in [0.717, 1.165) is 44.5 Å². The van der Waals surface area contributed by atoms with E-state index < -0.39 is 10.2 Å². The summed E-state index contributed by atoms with van der Waals surface area (Å²) in [6.45, 7) is 18.5. The minimum Gasteiger partial charge on any atom is -0.493 e. The average molecular weight is 611 g/mol. The fourth-order valence-electron chi connectivity index (χ4n) is 4.84. The molecule has 0 aliphatic heterocycles. The van der Waals surface area contributed by atoms with Crippen molar-refractivity contribution in [2.75, 3.05) is 32.9 Å². The maximum atomic E-state index is 12.3. The van der Waals surface area contributed by atoms with Gasteiger partial charge in [-0.1, -0.05) is 118 Å². The Morgan fingerprint density at radius 2 is 1.17 bits per heavy atom. The van der Waals surface area contributed by atoms with E-state index in [4.69, 9.17) is 9.47 Å². The molecule has 7 heteroatoms. The third-order valence-electron chi connectivity index (χ3n) is 8.78.